The minimum atomic E-state index is -0.327. The minimum absolute atomic E-state index is 0.177. The molecule has 0 aliphatic rings. The van der Waals surface area contributed by atoms with E-state index < -0.39 is 0 Å². The molecular formula is C22H16N2O2. The molecule has 0 spiro atoms. The standard InChI is InChI=1S/C22H16N2O2/c25-22(21-15-20(24-26-21)18-9-5-2-6-10-18)23-19-13-11-17(12-14-19)16-7-3-1-4-8-16/h1-15H,(H,23,25). The lowest BCUT2D eigenvalue weighted by atomic mass is 10.1. The number of aromatic nitrogens is 1. The van der Waals surface area contributed by atoms with Crippen LogP contribution in [-0.4, -0.2) is 11.1 Å². The van der Waals surface area contributed by atoms with Gasteiger partial charge in [-0.2, -0.15) is 0 Å². The first-order valence-electron chi connectivity index (χ1n) is 8.28. The van der Waals surface area contributed by atoms with E-state index in [1.807, 2.05) is 84.9 Å². The van der Waals surface area contributed by atoms with E-state index in [2.05, 4.69) is 10.5 Å². The lowest BCUT2D eigenvalue weighted by Crippen LogP contribution is -2.10. The second-order valence-corrected chi connectivity index (χ2v) is 5.84. The van der Waals surface area contributed by atoms with Crippen LogP contribution < -0.4 is 5.32 Å². The van der Waals surface area contributed by atoms with Crippen LogP contribution in [-0.2, 0) is 0 Å². The van der Waals surface area contributed by atoms with Crippen molar-refractivity contribution in [2.24, 2.45) is 0 Å². The summed E-state index contributed by atoms with van der Waals surface area (Å²) in [5.74, 6) is -0.150. The zero-order valence-electron chi connectivity index (χ0n) is 13.9. The van der Waals surface area contributed by atoms with E-state index in [4.69, 9.17) is 4.52 Å². The van der Waals surface area contributed by atoms with Gasteiger partial charge in [-0.15, -0.1) is 0 Å². The van der Waals surface area contributed by atoms with Gasteiger partial charge in [0.05, 0.1) is 0 Å². The summed E-state index contributed by atoms with van der Waals surface area (Å²) < 4.78 is 5.18. The van der Waals surface area contributed by atoms with Gasteiger partial charge in [0.1, 0.15) is 5.69 Å². The first-order chi connectivity index (χ1) is 12.8. The van der Waals surface area contributed by atoms with E-state index in [1.54, 1.807) is 6.07 Å². The normalized spacial score (nSPS) is 10.5. The molecule has 0 atom stereocenters. The molecule has 0 fully saturated rings. The third-order valence-corrected chi connectivity index (χ3v) is 4.05. The molecule has 4 aromatic rings. The maximum Gasteiger partial charge on any atom is 0.294 e. The lowest BCUT2D eigenvalue weighted by molar-refractivity contribution is 0.0988. The Morgan fingerprint density at radius 3 is 1.96 bits per heavy atom. The lowest BCUT2D eigenvalue weighted by Gasteiger charge is -2.05. The highest BCUT2D eigenvalue weighted by Gasteiger charge is 2.14. The number of carbonyl (C=O) groups is 1. The van der Waals surface area contributed by atoms with Crippen LogP contribution in [0.4, 0.5) is 5.69 Å². The molecule has 1 amide bonds. The zero-order chi connectivity index (χ0) is 17.8. The van der Waals surface area contributed by atoms with Gasteiger partial charge in [-0.1, -0.05) is 78.0 Å². The summed E-state index contributed by atoms with van der Waals surface area (Å²) in [5, 5.41) is 6.80. The number of benzene rings is 3. The molecule has 0 aliphatic carbocycles. The molecule has 4 nitrogen and oxygen atoms in total. The van der Waals surface area contributed by atoms with E-state index >= 15 is 0 Å². The fourth-order valence-electron chi connectivity index (χ4n) is 2.70. The molecule has 4 heteroatoms. The Hall–Kier alpha value is -3.66. The highest BCUT2D eigenvalue weighted by Crippen LogP contribution is 2.22. The summed E-state index contributed by atoms with van der Waals surface area (Å²) >= 11 is 0. The molecule has 1 aromatic heterocycles. The Morgan fingerprint density at radius 2 is 1.31 bits per heavy atom. The van der Waals surface area contributed by atoms with Gasteiger partial charge < -0.3 is 9.84 Å². The number of hydrogen-bond donors (Lipinski definition) is 1. The number of amides is 1. The van der Waals surface area contributed by atoms with Gasteiger partial charge in [0.25, 0.3) is 5.91 Å². The van der Waals surface area contributed by atoms with E-state index in [9.17, 15) is 4.79 Å². The van der Waals surface area contributed by atoms with Crippen molar-refractivity contribution in [2.45, 2.75) is 0 Å². The molecule has 0 saturated heterocycles. The smallest absolute Gasteiger partial charge is 0.294 e. The largest absolute Gasteiger partial charge is 0.350 e. The molecule has 0 unspecified atom stereocenters. The second-order valence-electron chi connectivity index (χ2n) is 5.84. The van der Waals surface area contributed by atoms with Gasteiger partial charge in [-0.3, -0.25) is 4.79 Å². The van der Waals surface area contributed by atoms with Crippen LogP contribution >= 0.6 is 0 Å². The van der Waals surface area contributed by atoms with E-state index in [0.717, 1.165) is 16.7 Å². The second kappa shape index (κ2) is 7.07. The third kappa shape index (κ3) is 3.39. The van der Waals surface area contributed by atoms with Crippen LogP contribution in [0.15, 0.2) is 95.5 Å². The molecule has 0 bridgehead atoms. The predicted molar refractivity (Wildman–Crippen MR) is 102 cm³/mol. The maximum atomic E-state index is 12.4. The number of hydrogen-bond acceptors (Lipinski definition) is 3. The van der Waals surface area contributed by atoms with Crippen LogP contribution in [0.3, 0.4) is 0 Å². The Bertz CT molecular complexity index is 1010. The fraction of sp³-hybridized carbons (Fsp3) is 0. The quantitative estimate of drug-likeness (QED) is 0.551. The van der Waals surface area contributed by atoms with Crippen LogP contribution in [0, 0.1) is 0 Å². The highest BCUT2D eigenvalue weighted by atomic mass is 16.5. The average Bonchev–Trinajstić information content (AvgIpc) is 3.20. The molecule has 26 heavy (non-hydrogen) atoms. The Morgan fingerprint density at radius 1 is 0.731 bits per heavy atom. The van der Waals surface area contributed by atoms with Crippen LogP contribution in [0.2, 0.25) is 0 Å². The first kappa shape index (κ1) is 15.8. The van der Waals surface area contributed by atoms with Gasteiger partial charge in [0.15, 0.2) is 0 Å². The Balaban J connectivity index is 1.48. The van der Waals surface area contributed by atoms with Gasteiger partial charge in [-0.25, -0.2) is 0 Å². The van der Waals surface area contributed by atoms with E-state index in [-0.39, 0.29) is 11.7 Å². The van der Waals surface area contributed by atoms with Crippen molar-refractivity contribution in [1.82, 2.24) is 5.16 Å². The van der Waals surface area contributed by atoms with Gasteiger partial charge in [-0.05, 0) is 23.3 Å². The van der Waals surface area contributed by atoms with Crippen molar-refractivity contribution in [3.8, 4) is 22.4 Å². The molecule has 1 N–H and O–H groups in total. The Labute approximate surface area is 151 Å². The molecule has 0 saturated carbocycles. The summed E-state index contributed by atoms with van der Waals surface area (Å²) in [6.07, 6.45) is 0. The SMILES string of the molecule is O=C(Nc1ccc(-c2ccccc2)cc1)c1cc(-c2ccccc2)no1. The number of rotatable bonds is 4. The molecule has 0 radical (unpaired) electrons. The minimum Gasteiger partial charge on any atom is -0.350 e. The molecule has 3 aromatic carbocycles. The Kier molecular flexibility index (Phi) is 4.31. The number of anilines is 1. The monoisotopic (exact) mass is 340 g/mol. The van der Waals surface area contributed by atoms with Gasteiger partial charge >= 0.3 is 0 Å². The summed E-state index contributed by atoms with van der Waals surface area (Å²) in [7, 11) is 0. The molecule has 0 aliphatic heterocycles. The number of nitrogens with one attached hydrogen (secondary N) is 1. The van der Waals surface area contributed by atoms with Crippen molar-refractivity contribution >= 4 is 11.6 Å². The summed E-state index contributed by atoms with van der Waals surface area (Å²) in [6, 6.07) is 29.0. The maximum absolute atomic E-state index is 12.4. The molecule has 126 valence electrons. The molecular weight excluding hydrogens is 324 g/mol. The number of nitrogens with zero attached hydrogens (tertiary/aromatic N) is 1. The van der Waals surface area contributed by atoms with Gasteiger partial charge in [0, 0.05) is 17.3 Å². The summed E-state index contributed by atoms with van der Waals surface area (Å²) in [6.45, 7) is 0. The first-order valence-corrected chi connectivity index (χ1v) is 8.28. The average molecular weight is 340 g/mol. The third-order valence-electron chi connectivity index (χ3n) is 4.05. The zero-order valence-corrected chi connectivity index (χ0v) is 13.9. The summed E-state index contributed by atoms with van der Waals surface area (Å²) in [4.78, 5) is 12.4. The predicted octanol–water partition coefficient (Wildman–Crippen LogP) is 5.26. The van der Waals surface area contributed by atoms with E-state index in [1.165, 1.54) is 0 Å². The van der Waals surface area contributed by atoms with Crippen molar-refractivity contribution < 1.29 is 9.32 Å². The van der Waals surface area contributed by atoms with Crippen molar-refractivity contribution in [1.29, 1.82) is 0 Å². The molecule has 4 rings (SSSR count). The van der Waals surface area contributed by atoms with Crippen molar-refractivity contribution in [3.05, 3.63) is 96.8 Å². The molecule has 1 heterocycles. The van der Waals surface area contributed by atoms with Crippen LogP contribution in [0.5, 0.6) is 0 Å². The topological polar surface area (TPSA) is 55.1 Å². The van der Waals surface area contributed by atoms with Crippen LogP contribution in [0.25, 0.3) is 22.4 Å². The summed E-state index contributed by atoms with van der Waals surface area (Å²) in [5.41, 5.74) is 4.47. The van der Waals surface area contributed by atoms with E-state index in [0.29, 0.717) is 11.4 Å². The van der Waals surface area contributed by atoms with Crippen LogP contribution in [0.1, 0.15) is 10.6 Å². The highest BCUT2D eigenvalue weighted by molar-refractivity contribution is 6.02. The fourth-order valence-corrected chi connectivity index (χ4v) is 2.70. The number of carbonyl (C=O) groups excluding carboxylic acids is 1. The van der Waals surface area contributed by atoms with Crippen molar-refractivity contribution in [3.63, 3.8) is 0 Å². The van der Waals surface area contributed by atoms with Gasteiger partial charge in [0.2, 0.25) is 5.76 Å². The van der Waals surface area contributed by atoms with Crippen molar-refractivity contribution in [2.75, 3.05) is 5.32 Å².